The van der Waals surface area contributed by atoms with E-state index in [9.17, 15) is 4.79 Å². The molecule has 27 heavy (non-hydrogen) atoms. The SMILES string of the molecule is COCCN1CCC2(CC1)CC(=O)N(CCN1CCCC1)c1ccccc12. The van der Waals surface area contributed by atoms with Crippen molar-refractivity contribution < 1.29 is 9.53 Å². The zero-order valence-electron chi connectivity index (χ0n) is 16.7. The van der Waals surface area contributed by atoms with E-state index in [-0.39, 0.29) is 5.41 Å². The van der Waals surface area contributed by atoms with Gasteiger partial charge in [0.1, 0.15) is 0 Å². The molecule has 1 amide bonds. The lowest BCUT2D eigenvalue weighted by Crippen LogP contribution is -2.51. The fourth-order valence-corrected chi connectivity index (χ4v) is 5.14. The number of ether oxygens (including phenoxy) is 1. The van der Waals surface area contributed by atoms with Crippen molar-refractivity contribution in [2.45, 2.75) is 37.5 Å². The number of likely N-dealkylation sites (tertiary alicyclic amines) is 2. The van der Waals surface area contributed by atoms with Crippen molar-refractivity contribution in [3.63, 3.8) is 0 Å². The maximum Gasteiger partial charge on any atom is 0.227 e. The molecular weight excluding hydrogens is 338 g/mol. The predicted octanol–water partition coefficient (Wildman–Crippen LogP) is 2.50. The van der Waals surface area contributed by atoms with Gasteiger partial charge in [0.2, 0.25) is 5.91 Å². The van der Waals surface area contributed by atoms with E-state index in [0.29, 0.717) is 12.3 Å². The lowest BCUT2D eigenvalue weighted by Gasteiger charge is -2.47. The number of rotatable bonds is 6. The maximum absolute atomic E-state index is 13.2. The van der Waals surface area contributed by atoms with Crippen LogP contribution in [0.3, 0.4) is 0 Å². The molecule has 2 fully saturated rings. The van der Waals surface area contributed by atoms with Crippen molar-refractivity contribution in [3.05, 3.63) is 29.8 Å². The van der Waals surface area contributed by atoms with Crippen molar-refractivity contribution in [1.29, 1.82) is 0 Å². The van der Waals surface area contributed by atoms with E-state index in [1.54, 1.807) is 7.11 Å². The van der Waals surface area contributed by atoms with Crippen LogP contribution in [0.5, 0.6) is 0 Å². The Bertz CT molecular complexity index is 649. The number of piperidine rings is 1. The molecule has 0 aromatic heterocycles. The van der Waals surface area contributed by atoms with Gasteiger partial charge in [0.15, 0.2) is 0 Å². The summed E-state index contributed by atoms with van der Waals surface area (Å²) in [6.07, 6.45) is 5.40. The molecule has 0 N–H and O–H groups in total. The Kier molecular flexibility index (Phi) is 5.81. The number of para-hydroxylation sites is 1. The van der Waals surface area contributed by atoms with Gasteiger partial charge in [-0.3, -0.25) is 4.79 Å². The van der Waals surface area contributed by atoms with Gasteiger partial charge < -0.3 is 19.4 Å². The lowest BCUT2D eigenvalue weighted by molar-refractivity contribution is -0.121. The van der Waals surface area contributed by atoms with Crippen molar-refractivity contribution in [2.75, 3.05) is 64.4 Å². The molecule has 5 heteroatoms. The fraction of sp³-hybridized carbons (Fsp3) is 0.682. The Hall–Kier alpha value is -1.43. The zero-order chi connectivity index (χ0) is 18.7. The van der Waals surface area contributed by atoms with E-state index in [1.165, 1.54) is 37.2 Å². The third-order valence-electron chi connectivity index (χ3n) is 6.82. The summed E-state index contributed by atoms with van der Waals surface area (Å²) in [6.45, 7) is 8.08. The summed E-state index contributed by atoms with van der Waals surface area (Å²) in [6, 6.07) is 8.67. The molecule has 0 aliphatic carbocycles. The van der Waals surface area contributed by atoms with Gasteiger partial charge in [-0.05, 0) is 63.5 Å². The second-order valence-electron chi connectivity index (χ2n) is 8.40. The molecule has 3 aliphatic rings. The van der Waals surface area contributed by atoms with Crippen LogP contribution in [-0.2, 0) is 14.9 Å². The van der Waals surface area contributed by atoms with E-state index in [2.05, 4.69) is 39.0 Å². The minimum absolute atomic E-state index is 0.0292. The molecule has 4 rings (SSSR count). The summed E-state index contributed by atoms with van der Waals surface area (Å²) in [5, 5.41) is 0. The van der Waals surface area contributed by atoms with Crippen LogP contribution >= 0.6 is 0 Å². The fourth-order valence-electron chi connectivity index (χ4n) is 5.14. The van der Waals surface area contributed by atoms with Crippen LogP contribution in [0.2, 0.25) is 0 Å². The van der Waals surface area contributed by atoms with Gasteiger partial charge in [0.05, 0.1) is 6.61 Å². The molecule has 5 nitrogen and oxygen atoms in total. The van der Waals surface area contributed by atoms with Gasteiger partial charge in [0.25, 0.3) is 0 Å². The molecule has 3 aliphatic heterocycles. The van der Waals surface area contributed by atoms with Crippen molar-refractivity contribution in [2.24, 2.45) is 0 Å². The molecule has 1 aromatic carbocycles. The molecule has 0 saturated carbocycles. The largest absolute Gasteiger partial charge is 0.383 e. The number of methoxy groups -OCH3 is 1. The van der Waals surface area contributed by atoms with E-state index in [4.69, 9.17) is 4.74 Å². The normalized spacial score (nSPS) is 23.1. The summed E-state index contributed by atoms with van der Waals surface area (Å²) in [5.41, 5.74) is 2.59. The zero-order valence-corrected chi connectivity index (χ0v) is 16.7. The summed E-state index contributed by atoms with van der Waals surface area (Å²) in [7, 11) is 1.76. The molecule has 0 atom stereocenters. The smallest absolute Gasteiger partial charge is 0.227 e. The van der Waals surface area contributed by atoms with E-state index in [1.807, 2.05) is 0 Å². The highest BCUT2D eigenvalue weighted by Crippen LogP contribution is 2.46. The third-order valence-corrected chi connectivity index (χ3v) is 6.82. The second kappa shape index (κ2) is 8.29. The van der Waals surface area contributed by atoms with Crippen LogP contribution < -0.4 is 4.90 Å². The first kappa shape index (κ1) is 18.9. The Labute approximate surface area is 163 Å². The Morgan fingerprint density at radius 2 is 1.67 bits per heavy atom. The molecule has 0 radical (unpaired) electrons. The molecule has 1 spiro atoms. The number of carbonyl (C=O) groups is 1. The van der Waals surface area contributed by atoms with E-state index in [0.717, 1.165) is 52.2 Å². The maximum atomic E-state index is 13.2. The van der Waals surface area contributed by atoms with Gasteiger partial charge >= 0.3 is 0 Å². The van der Waals surface area contributed by atoms with Crippen molar-refractivity contribution in [1.82, 2.24) is 9.80 Å². The summed E-state index contributed by atoms with van der Waals surface area (Å²) >= 11 is 0. The number of anilines is 1. The number of fused-ring (bicyclic) bond motifs is 2. The standard InChI is InChI=1S/C22H33N3O2/c1-27-17-16-24-12-8-22(9-13-24)18-21(26)25(15-14-23-10-4-5-11-23)20-7-3-2-6-19(20)22/h2-3,6-7H,4-5,8-18H2,1H3. The lowest BCUT2D eigenvalue weighted by atomic mass is 9.67. The number of hydrogen-bond donors (Lipinski definition) is 0. The molecule has 1 aromatic rings. The Balaban J connectivity index is 1.50. The molecule has 0 bridgehead atoms. The summed E-state index contributed by atoms with van der Waals surface area (Å²) < 4.78 is 5.23. The number of benzene rings is 1. The average Bonchev–Trinajstić information content (AvgIpc) is 3.21. The molecule has 148 valence electrons. The number of amides is 1. The van der Waals surface area contributed by atoms with Gasteiger partial charge in [-0.1, -0.05) is 18.2 Å². The van der Waals surface area contributed by atoms with Crippen LogP contribution in [0.4, 0.5) is 5.69 Å². The van der Waals surface area contributed by atoms with Gasteiger partial charge in [0, 0.05) is 44.3 Å². The molecular formula is C22H33N3O2. The Morgan fingerprint density at radius 3 is 2.41 bits per heavy atom. The average molecular weight is 372 g/mol. The van der Waals surface area contributed by atoms with Crippen molar-refractivity contribution >= 4 is 11.6 Å². The third kappa shape index (κ3) is 3.91. The highest BCUT2D eigenvalue weighted by Gasteiger charge is 2.44. The predicted molar refractivity (Wildman–Crippen MR) is 108 cm³/mol. The molecule has 0 unspecified atom stereocenters. The van der Waals surface area contributed by atoms with E-state index >= 15 is 0 Å². The first-order valence-corrected chi connectivity index (χ1v) is 10.6. The monoisotopic (exact) mass is 371 g/mol. The molecule has 3 heterocycles. The quantitative estimate of drug-likeness (QED) is 0.770. The van der Waals surface area contributed by atoms with Gasteiger partial charge in [-0.15, -0.1) is 0 Å². The number of hydrogen-bond acceptors (Lipinski definition) is 4. The highest BCUT2D eigenvalue weighted by molar-refractivity contribution is 5.98. The van der Waals surface area contributed by atoms with Crippen LogP contribution in [0, 0.1) is 0 Å². The minimum Gasteiger partial charge on any atom is -0.383 e. The van der Waals surface area contributed by atoms with Crippen LogP contribution in [0.15, 0.2) is 24.3 Å². The highest BCUT2D eigenvalue weighted by atomic mass is 16.5. The van der Waals surface area contributed by atoms with Gasteiger partial charge in [-0.25, -0.2) is 0 Å². The first-order chi connectivity index (χ1) is 13.2. The van der Waals surface area contributed by atoms with Crippen LogP contribution in [0.1, 0.15) is 37.7 Å². The van der Waals surface area contributed by atoms with Crippen LogP contribution in [-0.4, -0.2) is 75.2 Å². The first-order valence-electron chi connectivity index (χ1n) is 10.6. The van der Waals surface area contributed by atoms with Crippen molar-refractivity contribution in [3.8, 4) is 0 Å². The van der Waals surface area contributed by atoms with Crippen LogP contribution in [0.25, 0.3) is 0 Å². The molecule has 2 saturated heterocycles. The Morgan fingerprint density at radius 1 is 0.963 bits per heavy atom. The minimum atomic E-state index is 0.0292. The number of carbonyl (C=O) groups excluding carboxylic acids is 1. The van der Waals surface area contributed by atoms with E-state index < -0.39 is 0 Å². The van der Waals surface area contributed by atoms with Gasteiger partial charge in [-0.2, -0.15) is 0 Å². The summed E-state index contributed by atoms with van der Waals surface area (Å²) in [4.78, 5) is 20.2. The summed E-state index contributed by atoms with van der Waals surface area (Å²) in [5.74, 6) is 0.318. The number of nitrogens with zero attached hydrogens (tertiary/aromatic N) is 3. The second-order valence-corrected chi connectivity index (χ2v) is 8.40. The topological polar surface area (TPSA) is 36.0 Å².